The van der Waals surface area contributed by atoms with E-state index in [1.165, 1.54) is 27.9 Å². The summed E-state index contributed by atoms with van der Waals surface area (Å²) in [6, 6.07) is 10.9. The topological polar surface area (TPSA) is 95.7 Å². The number of carboxylic acid groups (broad SMARTS) is 1. The molecular weight excluding hydrogens is 487 g/mol. The molecule has 0 saturated heterocycles. The van der Waals surface area contributed by atoms with Crippen LogP contribution < -0.4 is 9.80 Å². The third-order valence-corrected chi connectivity index (χ3v) is 7.57. The molecule has 0 spiro atoms. The van der Waals surface area contributed by atoms with Gasteiger partial charge in [-0.25, -0.2) is 13.9 Å². The second-order valence-electron chi connectivity index (χ2n) is 10.6. The van der Waals surface area contributed by atoms with Crippen molar-refractivity contribution < 1.29 is 23.9 Å². The van der Waals surface area contributed by atoms with Crippen LogP contribution in [-0.4, -0.2) is 38.7 Å². The van der Waals surface area contributed by atoms with Crippen LogP contribution in [0.15, 0.2) is 48.7 Å². The number of fused-ring (bicyclic) bond motifs is 1. The number of hydrogen-bond acceptors (Lipinski definition) is 4. The third kappa shape index (κ3) is 4.68. The van der Waals surface area contributed by atoms with Crippen molar-refractivity contribution in [1.82, 2.24) is 9.78 Å². The van der Waals surface area contributed by atoms with Crippen molar-refractivity contribution in [1.29, 1.82) is 0 Å². The Morgan fingerprint density at radius 2 is 1.71 bits per heavy atom. The van der Waals surface area contributed by atoms with Gasteiger partial charge in [-0.15, -0.1) is 5.10 Å². The van der Waals surface area contributed by atoms with Crippen LogP contribution >= 0.6 is 0 Å². The van der Waals surface area contributed by atoms with Crippen molar-refractivity contribution >= 4 is 29.3 Å². The smallest absolute Gasteiger partial charge is 0.341 e. The van der Waals surface area contributed by atoms with Gasteiger partial charge in [-0.2, -0.15) is 0 Å². The van der Waals surface area contributed by atoms with Gasteiger partial charge < -0.3 is 10.0 Å². The Morgan fingerprint density at radius 3 is 2.34 bits per heavy atom. The van der Waals surface area contributed by atoms with E-state index in [2.05, 4.69) is 12.0 Å². The van der Waals surface area contributed by atoms with Crippen molar-refractivity contribution in [2.75, 3.05) is 9.80 Å². The number of aromatic nitrogens is 2. The first-order chi connectivity index (χ1) is 18.1. The van der Waals surface area contributed by atoms with Crippen molar-refractivity contribution in [3.63, 3.8) is 0 Å². The molecule has 2 aliphatic rings. The predicted molar refractivity (Wildman–Crippen MR) is 141 cm³/mol. The highest BCUT2D eigenvalue weighted by Crippen LogP contribution is 2.33. The van der Waals surface area contributed by atoms with Gasteiger partial charge in [0.2, 0.25) is 5.91 Å². The standard InChI is InChI=1S/C29H31FN4O4/c1-17(2)34(27(35)19-6-4-18(3)5-7-19)26-25(29(37)38)16-33(31-26)23-12-10-22(11-13-23)32-15-20-8-9-21(30)14-24(20)28(32)36/h8-14,16-19H,4-7,15H2,1-3H3,(H,37,38)/t18-,19-. The maximum absolute atomic E-state index is 13.6. The fourth-order valence-corrected chi connectivity index (χ4v) is 5.40. The van der Waals surface area contributed by atoms with E-state index in [1.54, 1.807) is 35.2 Å². The van der Waals surface area contributed by atoms with Gasteiger partial charge in [-0.3, -0.25) is 14.5 Å². The van der Waals surface area contributed by atoms with E-state index in [0.29, 0.717) is 29.4 Å². The van der Waals surface area contributed by atoms with Gasteiger partial charge in [0.15, 0.2) is 5.82 Å². The van der Waals surface area contributed by atoms with Crippen LogP contribution in [0.3, 0.4) is 0 Å². The first kappa shape index (κ1) is 25.6. The monoisotopic (exact) mass is 518 g/mol. The average Bonchev–Trinajstić information content (AvgIpc) is 3.46. The number of carbonyl (C=O) groups is 3. The molecule has 2 amide bonds. The Morgan fingerprint density at radius 1 is 1.05 bits per heavy atom. The highest BCUT2D eigenvalue weighted by Gasteiger charge is 2.34. The van der Waals surface area contributed by atoms with Gasteiger partial charge >= 0.3 is 5.97 Å². The van der Waals surface area contributed by atoms with Gasteiger partial charge in [-0.1, -0.05) is 13.0 Å². The molecular formula is C29H31FN4O4. The maximum Gasteiger partial charge on any atom is 0.341 e. The number of benzene rings is 2. The number of hydrogen-bond donors (Lipinski definition) is 1. The summed E-state index contributed by atoms with van der Waals surface area (Å²) in [6.07, 6.45) is 4.96. The molecule has 1 aliphatic carbocycles. The molecule has 2 heterocycles. The number of carboxylic acids is 1. The molecule has 1 N–H and O–H groups in total. The lowest BCUT2D eigenvalue weighted by Gasteiger charge is -2.32. The Hall–Kier alpha value is -4.01. The van der Waals surface area contributed by atoms with Crippen LogP contribution in [0.1, 0.15) is 72.7 Å². The van der Waals surface area contributed by atoms with Crippen LogP contribution in [0.25, 0.3) is 5.69 Å². The SMILES string of the molecule is CC(C)N(c1nn(-c2ccc(N3Cc4ccc(F)cc4C3=O)cc2)cc1C(=O)O)C(=O)[C@H]1CC[C@H](C)CC1. The Balaban J connectivity index is 1.42. The van der Waals surface area contributed by atoms with E-state index in [9.17, 15) is 23.9 Å². The van der Waals surface area contributed by atoms with Crippen molar-refractivity contribution in [2.45, 2.75) is 59.0 Å². The van der Waals surface area contributed by atoms with E-state index in [0.717, 1.165) is 31.2 Å². The molecule has 1 aliphatic heterocycles. The zero-order chi connectivity index (χ0) is 27.1. The molecule has 2 aromatic carbocycles. The second-order valence-corrected chi connectivity index (χ2v) is 10.6. The minimum atomic E-state index is -1.16. The van der Waals surface area contributed by atoms with Crippen LogP contribution in [0, 0.1) is 17.7 Å². The highest BCUT2D eigenvalue weighted by atomic mass is 19.1. The lowest BCUT2D eigenvalue weighted by atomic mass is 9.82. The largest absolute Gasteiger partial charge is 0.477 e. The number of amides is 2. The lowest BCUT2D eigenvalue weighted by molar-refractivity contribution is -0.124. The van der Waals surface area contributed by atoms with Crippen LogP contribution in [0.4, 0.5) is 15.9 Å². The van der Waals surface area contributed by atoms with Crippen molar-refractivity contribution in [3.05, 3.63) is 71.2 Å². The second kappa shape index (κ2) is 10.0. The number of nitrogens with zero attached hydrogens (tertiary/aromatic N) is 4. The van der Waals surface area contributed by atoms with Crippen LogP contribution in [0.5, 0.6) is 0 Å². The minimum Gasteiger partial charge on any atom is -0.477 e. The first-order valence-corrected chi connectivity index (χ1v) is 13.0. The zero-order valence-corrected chi connectivity index (χ0v) is 21.7. The zero-order valence-electron chi connectivity index (χ0n) is 21.7. The fourth-order valence-electron chi connectivity index (χ4n) is 5.40. The summed E-state index contributed by atoms with van der Waals surface area (Å²) >= 11 is 0. The molecule has 0 bridgehead atoms. The summed E-state index contributed by atoms with van der Waals surface area (Å²) in [7, 11) is 0. The summed E-state index contributed by atoms with van der Waals surface area (Å²) < 4.78 is 15.1. The molecule has 0 radical (unpaired) electrons. The van der Waals surface area contributed by atoms with E-state index < -0.39 is 11.8 Å². The molecule has 0 atom stereocenters. The minimum absolute atomic E-state index is 0.0486. The van der Waals surface area contributed by atoms with Gasteiger partial charge in [0.05, 0.1) is 12.2 Å². The molecule has 8 nitrogen and oxygen atoms in total. The Labute approximate surface area is 220 Å². The number of carbonyl (C=O) groups excluding carboxylic acids is 2. The number of rotatable bonds is 6. The summed E-state index contributed by atoms with van der Waals surface area (Å²) in [4.78, 5) is 41.6. The normalized spacial score (nSPS) is 19.1. The molecule has 0 unspecified atom stereocenters. The molecule has 1 saturated carbocycles. The maximum atomic E-state index is 13.6. The van der Waals surface area contributed by atoms with Crippen molar-refractivity contribution in [2.24, 2.45) is 11.8 Å². The molecule has 9 heteroatoms. The fraction of sp³-hybridized carbons (Fsp3) is 0.379. The Kier molecular flexibility index (Phi) is 6.77. The number of aromatic carboxylic acids is 1. The van der Waals surface area contributed by atoms with Gasteiger partial charge in [0.25, 0.3) is 5.91 Å². The molecule has 38 heavy (non-hydrogen) atoms. The van der Waals surface area contributed by atoms with E-state index >= 15 is 0 Å². The van der Waals surface area contributed by atoms with E-state index in [4.69, 9.17) is 0 Å². The summed E-state index contributed by atoms with van der Waals surface area (Å²) in [5.41, 5.74) is 2.27. The van der Waals surface area contributed by atoms with Crippen molar-refractivity contribution in [3.8, 4) is 5.69 Å². The predicted octanol–water partition coefficient (Wildman–Crippen LogP) is 5.44. The molecule has 1 aromatic heterocycles. The van der Waals surface area contributed by atoms with Crippen LogP contribution in [0.2, 0.25) is 0 Å². The summed E-state index contributed by atoms with van der Waals surface area (Å²) in [6.45, 7) is 6.25. The number of anilines is 2. The quantitative estimate of drug-likeness (QED) is 0.469. The van der Waals surface area contributed by atoms with Gasteiger partial charge in [0, 0.05) is 29.4 Å². The lowest BCUT2D eigenvalue weighted by Crippen LogP contribution is -2.43. The summed E-state index contributed by atoms with van der Waals surface area (Å²) in [5.74, 6) is -1.39. The van der Waals surface area contributed by atoms with E-state index in [-0.39, 0.29) is 35.2 Å². The molecule has 5 rings (SSSR count). The average molecular weight is 519 g/mol. The molecule has 198 valence electrons. The third-order valence-electron chi connectivity index (χ3n) is 7.57. The number of halogens is 1. The van der Waals surface area contributed by atoms with Gasteiger partial charge in [-0.05, 0) is 87.4 Å². The van der Waals surface area contributed by atoms with Crippen LogP contribution in [-0.2, 0) is 11.3 Å². The summed E-state index contributed by atoms with van der Waals surface area (Å²) in [5, 5.41) is 14.5. The van der Waals surface area contributed by atoms with Gasteiger partial charge in [0.1, 0.15) is 11.4 Å². The highest BCUT2D eigenvalue weighted by molar-refractivity contribution is 6.10. The first-order valence-electron chi connectivity index (χ1n) is 13.0. The Bertz CT molecular complexity index is 1390. The molecule has 1 fully saturated rings. The molecule has 3 aromatic rings. The van der Waals surface area contributed by atoms with E-state index in [1.807, 2.05) is 13.8 Å².